The highest BCUT2D eigenvalue weighted by atomic mass is 35.5. The highest BCUT2D eigenvalue weighted by Gasteiger charge is 2.47. The number of hydrogen-bond acceptors (Lipinski definition) is 16. The van der Waals surface area contributed by atoms with Crippen molar-refractivity contribution in [2.24, 2.45) is 4.99 Å². The Morgan fingerprint density at radius 1 is 1.00 bits per heavy atom. The summed E-state index contributed by atoms with van der Waals surface area (Å²) >= 11 is 12.2. The summed E-state index contributed by atoms with van der Waals surface area (Å²) in [5, 5.41) is 9.86. The molecule has 5 rings (SSSR count). The first-order chi connectivity index (χ1) is 23.4. The zero-order chi connectivity index (χ0) is 37.9. The zero-order valence-corrected chi connectivity index (χ0v) is 30.8. The van der Waals surface area contributed by atoms with Crippen molar-refractivity contribution in [1.82, 2.24) is 9.55 Å². The third kappa shape index (κ3) is 9.05. The summed E-state index contributed by atoms with van der Waals surface area (Å²) in [4.78, 5) is 72.3. The van der Waals surface area contributed by atoms with E-state index in [1.807, 2.05) is 0 Å². The molecule has 2 aliphatic heterocycles. The van der Waals surface area contributed by atoms with E-state index in [-0.39, 0.29) is 27.9 Å². The molecule has 21 nitrogen and oxygen atoms in total. The SMILES string of the molecule is CC1(C)C2=C(Cl)C(=O)C(Cl)=CC2=Nc2ccc(OP(=O)(O)OP(=O)(O)OP(=O)(O)OP(=O)(O)OCC3OC(n4ccc(N)nc4=O)CC3O)cc21. The van der Waals surface area contributed by atoms with Crippen LogP contribution >= 0.6 is 54.5 Å². The molecular weight excluding hydrogens is 811 g/mol. The lowest BCUT2D eigenvalue weighted by Crippen LogP contribution is -2.32. The molecule has 1 saturated heterocycles. The molecule has 51 heavy (non-hydrogen) atoms. The van der Waals surface area contributed by atoms with E-state index in [4.69, 9.17) is 38.2 Å². The second-order valence-electron chi connectivity index (χ2n) is 11.3. The molecule has 27 heteroatoms. The minimum absolute atomic E-state index is 0.0861. The molecule has 3 aliphatic rings. The second-order valence-corrected chi connectivity index (χ2v) is 18.2. The van der Waals surface area contributed by atoms with E-state index in [0.717, 1.165) is 10.6 Å². The maximum absolute atomic E-state index is 12.7. The van der Waals surface area contributed by atoms with Crippen LogP contribution in [0.5, 0.6) is 5.75 Å². The Morgan fingerprint density at radius 2 is 1.63 bits per heavy atom. The maximum Gasteiger partial charge on any atom is 0.536 e. The van der Waals surface area contributed by atoms with Crippen LogP contribution in [-0.2, 0) is 50.7 Å². The van der Waals surface area contributed by atoms with Crippen LogP contribution in [0.1, 0.15) is 32.1 Å². The lowest BCUT2D eigenvalue weighted by atomic mass is 9.71. The van der Waals surface area contributed by atoms with Gasteiger partial charge in [0.25, 0.3) is 0 Å². The molecule has 278 valence electrons. The summed E-state index contributed by atoms with van der Waals surface area (Å²) in [5.74, 6) is -1.19. The maximum atomic E-state index is 12.7. The van der Waals surface area contributed by atoms with Crippen LogP contribution in [0.3, 0.4) is 0 Å². The van der Waals surface area contributed by atoms with Gasteiger partial charge in [-0.1, -0.05) is 37.0 Å². The largest absolute Gasteiger partial charge is 0.536 e. The predicted molar refractivity (Wildman–Crippen MR) is 175 cm³/mol. The number of phosphoric acid groups is 4. The van der Waals surface area contributed by atoms with E-state index in [1.165, 1.54) is 30.5 Å². The number of aromatic nitrogens is 2. The van der Waals surface area contributed by atoms with Gasteiger partial charge in [0.15, 0.2) is 0 Å². The smallest absolute Gasteiger partial charge is 0.404 e. The number of Topliss-reactive ketones (excluding diaryl/α,β-unsaturated/α-hetero) is 1. The Labute approximate surface area is 296 Å². The third-order valence-corrected chi connectivity index (χ3v) is 13.8. The highest BCUT2D eigenvalue weighted by Crippen LogP contribution is 2.71. The number of ether oxygens (including phenoxy) is 1. The number of nitrogens with zero attached hydrogens (tertiary/aromatic N) is 3. The van der Waals surface area contributed by atoms with Crippen molar-refractivity contribution < 1.29 is 74.5 Å². The topological polar surface area (TPSA) is 315 Å². The normalized spacial score (nSPS) is 26.1. The number of aliphatic imine (C=N–C) groups is 1. The standard InChI is InChI=1S/C24H26Cl2N4O17P4/c1-24(2)12-7-11(3-4-14(12)28-15-8-13(25)22(32)21(26)20(15)24)44-49(36,37)46-51(40,41)47-50(38,39)45-48(34,35)42-10-17-16(31)9-19(43-17)30-6-5-18(27)29-23(30)33/h3-8,16-17,19,31H,9-10H2,1-2H3,(H,34,35)(H,36,37)(H,38,39)(H,40,41)(H2,27,29,33). The van der Waals surface area contributed by atoms with E-state index in [9.17, 15) is 52.5 Å². The summed E-state index contributed by atoms with van der Waals surface area (Å²) in [6, 6.07) is 4.90. The van der Waals surface area contributed by atoms with Crippen molar-refractivity contribution >= 4 is 77.5 Å². The van der Waals surface area contributed by atoms with Crippen molar-refractivity contribution in [2.75, 3.05) is 12.3 Å². The monoisotopic (exact) mass is 836 g/mol. The lowest BCUT2D eigenvalue weighted by molar-refractivity contribution is -0.111. The fraction of sp³-hybridized carbons (Fsp3) is 0.333. The molecule has 0 amide bonds. The fourth-order valence-corrected chi connectivity index (χ4v) is 10.8. The number of ketones is 1. The van der Waals surface area contributed by atoms with Gasteiger partial charge in [-0.25, -0.2) is 28.0 Å². The molecule has 1 fully saturated rings. The number of phosphoric ester groups is 2. The Bertz CT molecular complexity index is 2160. The summed E-state index contributed by atoms with van der Waals surface area (Å²) in [7, 11) is -23.6. The first-order valence-electron chi connectivity index (χ1n) is 13.9. The van der Waals surface area contributed by atoms with Crippen LogP contribution in [-0.4, -0.2) is 64.5 Å². The molecule has 1 aromatic carbocycles. The van der Waals surface area contributed by atoms with Gasteiger partial charge in [0.05, 0.1) is 34.2 Å². The van der Waals surface area contributed by atoms with Gasteiger partial charge >= 0.3 is 37.0 Å². The molecular formula is C24H26Cl2N4O17P4. The van der Waals surface area contributed by atoms with Gasteiger partial charge in [-0.15, -0.1) is 0 Å². The van der Waals surface area contributed by atoms with Gasteiger partial charge in [-0.05, 0) is 35.9 Å². The first kappa shape index (κ1) is 39.8. The zero-order valence-electron chi connectivity index (χ0n) is 25.7. The summed E-state index contributed by atoms with van der Waals surface area (Å²) in [5.41, 5.74) is 4.73. The number of carbonyl (C=O) groups is 1. The van der Waals surface area contributed by atoms with Crippen molar-refractivity contribution in [1.29, 1.82) is 0 Å². The van der Waals surface area contributed by atoms with Crippen molar-refractivity contribution in [3.05, 3.63) is 68.2 Å². The number of aliphatic hydroxyl groups excluding tert-OH is 1. The molecule has 1 aliphatic carbocycles. The van der Waals surface area contributed by atoms with Crippen molar-refractivity contribution in [3.63, 3.8) is 0 Å². The number of hydrogen-bond donors (Lipinski definition) is 6. The molecule has 0 spiro atoms. The number of aliphatic hydroxyl groups is 1. The number of halogens is 2. The average Bonchev–Trinajstić information content (AvgIpc) is 3.32. The number of benzene rings is 1. The Balaban J connectivity index is 1.21. The number of allylic oxidation sites excluding steroid dienone is 4. The van der Waals surface area contributed by atoms with E-state index in [1.54, 1.807) is 13.8 Å². The molecule has 1 aromatic heterocycles. The fourth-order valence-electron chi connectivity index (χ4n) is 5.15. The predicted octanol–water partition coefficient (Wildman–Crippen LogP) is 3.58. The van der Waals surface area contributed by atoms with Gasteiger partial charge in [-0.2, -0.15) is 17.9 Å². The van der Waals surface area contributed by atoms with Gasteiger partial charge in [0.1, 0.15) is 23.9 Å². The van der Waals surface area contributed by atoms with Gasteiger partial charge in [0.2, 0.25) is 5.78 Å². The lowest BCUT2D eigenvalue weighted by Gasteiger charge is -2.36. The quantitative estimate of drug-likeness (QED) is 0.131. The number of nitrogen functional groups attached to an aromatic ring is 1. The second kappa shape index (κ2) is 14.1. The van der Waals surface area contributed by atoms with E-state index in [2.05, 4.69) is 27.4 Å². The molecule has 7 unspecified atom stereocenters. The number of carbonyl (C=O) groups excluding carboxylic acids is 1. The molecule has 3 heterocycles. The van der Waals surface area contributed by atoms with Crippen LogP contribution in [0.2, 0.25) is 0 Å². The molecule has 7 atom stereocenters. The minimum atomic E-state index is -6.13. The van der Waals surface area contributed by atoms with Crippen LogP contribution in [0.4, 0.5) is 11.5 Å². The first-order valence-corrected chi connectivity index (χ1v) is 20.7. The number of nitrogens with two attached hydrogens (primary N) is 1. The number of anilines is 1. The van der Waals surface area contributed by atoms with Crippen LogP contribution in [0.15, 0.2) is 62.0 Å². The van der Waals surface area contributed by atoms with E-state index < -0.39 is 79.0 Å². The van der Waals surface area contributed by atoms with Gasteiger partial charge < -0.3 is 34.8 Å². The number of fused-ring (bicyclic) bond motifs is 2. The van der Waals surface area contributed by atoms with Gasteiger partial charge in [0, 0.05) is 23.6 Å². The summed E-state index contributed by atoms with van der Waals surface area (Å²) in [6.07, 6.45) is -1.57. The average molecular weight is 837 g/mol. The van der Waals surface area contributed by atoms with E-state index >= 15 is 0 Å². The Kier molecular flexibility index (Phi) is 11.0. The van der Waals surface area contributed by atoms with Crippen LogP contribution < -0.4 is 15.9 Å². The van der Waals surface area contributed by atoms with Crippen molar-refractivity contribution in [3.8, 4) is 5.75 Å². The Hall–Kier alpha value is -2.38. The summed E-state index contributed by atoms with van der Waals surface area (Å²) < 4.78 is 77.4. The highest BCUT2D eigenvalue weighted by molar-refractivity contribution is 7.69. The third-order valence-electron chi connectivity index (χ3n) is 7.27. The molecule has 0 radical (unpaired) electrons. The van der Waals surface area contributed by atoms with Crippen molar-refractivity contribution in [2.45, 2.75) is 44.1 Å². The minimum Gasteiger partial charge on any atom is -0.404 e. The molecule has 2 aromatic rings. The molecule has 0 bridgehead atoms. The van der Waals surface area contributed by atoms with E-state index in [0.29, 0.717) is 17.0 Å². The van der Waals surface area contributed by atoms with Crippen LogP contribution in [0, 0.1) is 0 Å². The Morgan fingerprint density at radius 3 is 2.27 bits per heavy atom. The van der Waals surface area contributed by atoms with Gasteiger partial charge in [-0.3, -0.25) is 18.8 Å². The van der Waals surface area contributed by atoms with Crippen LogP contribution in [0.25, 0.3) is 0 Å². The molecule has 7 N–H and O–H groups in total. The summed E-state index contributed by atoms with van der Waals surface area (Å²) in [6.45, 7) is 2.32. The number of rotatable bonds is 12. The molecule has 0 saturated carbocycles.